The highest BCUT2D eigenvalue weighted by Gasteiger charge is 2.65. The lowest BCUT2D eigenvalue weighted by Gasteiger charge is -2.47. The number of nitrogens with zero attached hydrogens (tertiary/aromatic N) is 4. The minimum Gasteiger partial charge on any atom is -0.381 e. The maximum absolute atomic E-state index is 13.5. The zero-order valence-electron chi connectivity index (χ0n) is 18.5. The van der Waals surface area contributed by atoms with Crippen molar-refractivity contribution < 1.29 is 14.3 Å². The van der Waals surface area contributed by atoms with Gasteiger partial charge in [-0.2, -0.15) is 0 Å². The van der Waals surface area contributed by atoms with Gasteiger partial charge in [-0.1, -0.05) is 0 Å². The molecule has 4 heterocycles. The quantitative estimate of drug-likeness (QED) is 0.716. The summed E-state index contributed by atoms with van der Waals surface area (Å²) in [7, 11) is 3.62. The van der Waals surface area contributed by atoms with Gasteiger partial charge in [0.2, 0.25) is 5.91 Å². The first-order valence-corrected chi connectivity index (χ1v) is 11.5. The number of amides is 3. The molecule has 0 aromatic carbocycles. The van der Waals surface area contributed by atoms with E-state index in [9.17, 15) is 9.59 Å². The van der Waals surface area contributed by atoms with E-state index in [0.29, 0.717) is 12.5 Å². The molecule has 0 N–H and O–H groups in total. The number of piperidine rings is 1. The Kier molecular flexibility index (Phi) is 5.81. The molecule has 0 aromatic heterocycles. The average Bonchev–Trinajstić information content (AvgIpc) is 3.22. The number of rotatable bonds is 3. The Balaban J connectivity index is 1.50. The number of urea groups is 1. The molecule has 7 heteroatoms. The SMILES string of the molecule is CCN1CCC2(CN(C(=O)N(C)C)CC23CCN(CC2CCOCC2)CC3)C1=O. The number of likely N-dealkylation sites (tertiary alicyclic amines) is 3. The van der Waals surface area contributed by atoms with Gasteiger partial charge in [0.1, 0.15) is 0 Å². The fourth-order valence-corrected chi connectivity index (χ4v) is 6.36. The first-order valence-electron chi connectivity index (χ1n) is 11.5. The lowest BCUT2D eigenvalue weighted by molar-refractivity contribution is -0.142. The molecule has 1 atom stereocenters. The standard InChI is InChI=1S/C22H38N4O3/c1-4-25-12-9-22(19(25)27)17-26(20(28)23(2)3)16-21(22)7-10-24(11-8-21)15-18-5-13-29-14-6-18/h18H,4-17H2,1-3H3. The summed E-state index contributed by atoms with van der Waals surface area (Å²) in [5.41, 5.74) is -0.439. The molecular formula is C22H38N4O3. The predicted octanol–water partition coefficient (Wildman–Crippen LogP) is 1.73. The van der Waals surface area contributed by atoms with Crippen molar-refractivity contribution in [2.75, 3.05) is 73.1 Å². The van der Waals surface area contributed by atoms with Gasteiger partial charge in [0.25, 0.3) is 0 Å². The highest BCUT2D eigenvalue weighted by molar-refractivity contribution is 5.88. The summed E-state index contributed by atoms with van der Waals surface area (Å²) in [5.74, 6) is 1.04. The zero-order valence-corrected chi connectivity index (χ0v) is 18.5. The number of hydrogen-bond donors (Lipinski definition) is 0. The highest BCUT2D eigenvalue weighted by atomic mass is 16.5. The minimum atomic E-state index is -0.376. The topological polar surface area (TPSA) is 56.3 Å². The monoisotopic (exact) mass is 406 g/mol. The summed E-state index contributed by atoms with van der Waals surface area (Å²) in [5, 5.41) is 0. The van der Waals surface area contributed by atoms with Gasteiger partial charge in [-0.05, 0) is 58.0 Å². The second-order valence-electron chi connectivity index (χ2n) is 9.89. The van der Waals surface area contributed by atoms with Gasteiger partial charge >= 0.3 is 6.03 Å². The molecule has 4 aliphatic heterocycles. The van der Waals surface area contributed by atoms with Crippen LogP contribution in [0.25, 0.3) is 0 Å². The Morgan fingerprint density at radius 3 is 2.38 bits per heavy atom. The van der Waals surface area contributed by atoms with Crippen molar-refractivity contribution in [2.24, 2.45) is 16.7 Å². The molecule has 29 heavy (non-hydrogen) atoms. The van der Waals surface area contributed by atoms with Crippen molar-refractivity contribution in [2.45, 2.75) is 39.0 Å². The second kappa shape index (κ2) is 8.06. The van der Waals surface area contributed by atoms with Crippen LogP contribution in [0.3, 0.4) is 0 Å². The van der Waals surface area contributed by atoms with Crippen molar-refractivity contribution in [3.8, 4) is 0 Å². The van der Waals surface area contributed by atoms with Crippen LogP contribution in [0.2, 0.25) is 0 Å². The Bertz CT molecular complexity index is 626. The van der Waals surface area contributed by atoms with E-state index < -0.39 is 0 Å². The Hall–Kier alpha value is -1.34. The smallest absolute Gasteiger partial charge is 0.319 e. The van der Waals surface area contributed by atoms with Crippen LogP contribution in [-0.2, 0) is 9.53 Å². The summed E-state index contributed by atoms with van der Waals surface area (Å²) < 4.78 is 5.51. The maximum atomic E-state index is 13.5. The van der Waals surface area contributed by atoms with Gasteiger partial charge < -0.3 is 24.3 Å². The van der Waals surface area contributed by atoms with Crippen molar-refractivity contribution in [3.05, 3.63) is 0 Å². The largest absolute Gasteiger partial charge is 0.381 e. The molecule has 2 spiro atoms. The van der Waals surface area contributed by atoms with Gasteiger partial charge in [-0.3, -0.25) is 4.79 Å². The third-order valence-electron chi connectivity index (χ3n) is 8.18. The summed E-state index contributed by atoms with van der Waals surface area (Å²) in [4.78, 5) is 34.6. The van der Waals surface area contributed by atoms with Gasteiger partial charge in [-0.25, -0.2) is 4.79 Å². The van der Waals surface area contributed by atoms with Crippen molar-refractivity contribution >= 4 is 11.9 Å². The van der Waals surface area contributed by atoms with Crippen LogP contribution in [0.1, 0.15) is 39.0 Å². The predicted molar refractivity (Wildman–Crippen MR) is 112 cm³/mol. The van der Waals surface area contributed by atoms with E-state index in [1.807, 2.05) is 23.9 Å². The van der Waals surface area contributed by atoms with Crippen LogP contribution in [0, 0.1) is 16.7 Å². The summed E-state index contributed by atoms with van der Waals surface area (Å²) in [6.07, 6.45) is 5.28. The van der Waals surface area contributed by atoms with E-state index in [4.69, 9.17) is 4.74 Å². The van der Waals surface area contributed by atoms with Gasteiger partial charge in [0.15, 0.2) is 0 Å². The third-order valence-corrected chi connectivity index (χ3v) is 8.18. The van der Waals surface area contributed by atoms with Crippen molar-refractivity contribution in [1.29, 1.82) is 0 Å². The molecule has 0 aliphatic carbocycles. The van der Waals surface area contributed by atoms with Gasteiger partial charge in [-0.15, -0.1) is 0 Å². The molecule has 4 saturated heterocycles. The minimum absolute atomic E-state index is 0.0497. The molecule has 1 unspecified atom stereocenters. The molecular weight excluding hydrogens is 368 g/mol. The molecule has 3 amide bonds. The number of fused-ring (bicyclic) bond motifs is 1. The lowest BCUT2D eigenvalue weighted by Crippen LogP contribution is -2.53. The van der Waals surface area contributed by atoms with Crippen LogP contribution >= 0.6 is 0 Å². The van der Waals surface area contributed by atoms with Crippen molar-refractivity contribution in [3.63, 3.8) is 0 Å². The maximum Gasteiger partial charge on any atom is 0.319 e. The average molecular weight is 407 g/mol. The Morgan fingerprint density at radius 2 is 1.79 bits per heavy atom. The fraction of sp³-hybridized carbons (Fsp3) is 0.909. The lowest BCUT2D eigenvalue weighted by atomic mass is 9.60. The summed E-state index contributed by atoms with van der Waals surface area (Å²) >= 11 is 0. The molecule has 0 radical (unpaired) electrons. The van der Waals surface area contributed by atoms with Crippen LogP contribution in [0.5, 0.6) is 0 Å². The summed E-state index contributed by atoms with van der Waals surface area (Å²) in [6.45, 7) is 10.0. The van der Waals surface area contributed by atoms with E-state index in [1.165, 1.54) is 12.8 Å². The van der Waals surface area contributed by atoms with E-state index in [2.05, 4.69) is 11.8 Å². The van der Waals surface area contributed by atoms with Crippen LogP contribution < -0.4 is 0 Å². The van der Waals surface area contributed by atoms with E-state index in [1.54, 1.807) is 4.90 Å². The molecule has 4 aliphatic rings. The van der Waals surface area contributed by atoms with Crippen LogP contribution in [0.4, 0.5) is 4.79 Å². The number of carbonyl (C=O) groups is 2. The Labute approximate surface area is 175 Å². The van der Waals surface area contributed by atoms with Gasteiger partial charge in [0, 0.05) is 65.4 Å². The van der Waals surface area contributed by atoms with E-state index in [-0.39, 0.29) is 16.9 Å². The number of carbonyl (C=O) groups excluding carboxylic acids is 2. The fourth-order valence-electron chi connectivity index (χ4n) is 6.36. The summed E-state index contributed by atoms with van der Waals surface area (Å²) in [6, 6.07) is 0.0497. The first-order chi connectivity index (χ1) is 13.9. The van der Waals surface area contributed by atoms with Crippen molar-refractivity contribution in [1.82, 2.24) is 19.6 Å². The normalized spacial score (nSPS) is 30.7. The number of ether oxygens (including phenoxy) is 1. The molecule has 0 saturated carbocycles. The highest BCUT2D eigenvalue weighted by Crippen LogP contribution is 2.58. The van der Waals surface area contributed by atoms with Crippen LogP contribution in [0.15, 0.2) is 0 Å². The third kappa shape index (κ3) is 3.54. The molecule has 0 bridgehead atoms. The van der Waals surface area contributed by atoms with E-state index in [0.717, 1.165) is 77.7 Å². The zero-order chi connectivity index (χ0) is 20.6. The molecule has 4 rings (SSSR count). The molecule has 164 valence electrons. The molecule has 0 aromatic rings. The second-order valence-corrected chi connectivity index (χ2v) is 9.89. The van der Waals surface area contributed by atoms with E-state index >= 15 is 0 Å². The first kappa shape index (κ1) is 20.9. The van der Waals surface area contributed by atoms with Crippen LogP contribution in [-0.4, -0.2) is 105 Å². The van der Waals surface area contributed by atoms with Gasteiger partial charge in [0.05, 0.1) is 5.41 Å². The molecule has 7 nitrogen and oxygen atoms in total. The number of hydrogen-bond acceptors (Lipinski definition) is 4. The Morgan fingerprint density at radius 1 is 1.10 bits per heavy atom. The molecule has 4 fully saturated rings.